The summed E-state index contributed by atoms with van der Waals surface area (Å²) < 4.78 is 6.08. The van der Waals surface area contributed by atoms with E-state index in [1.54, 1.807) is 0 Å². The molecule has 3 aliphatic carbocycles. The van der Waals surface area contributed by atoms with Gasteiger partial charge in [-0.15, -0.1) is 5.73 Å². The maximum Gasteiger partial charge on any atom is 0.169 e. The summed E-state index contributed by atoms with van der Waals surface area (Å²) in [4.78, 5) is 23.7. The zero-order chi connectivity index (χ0) is 31.5. The Hall–Kier alpha value is -4.27. The van der Waals surface area contributed by atoms with Gasteiger partial charge in [0.1, 0.15) is 0 Å². The number of nitrogens with zero attached hydrogens (tertiary/aromatic N) is 2. The Morgan fingerprint density at radius 1 is 1.09 bits per heavy atom. The van der Waals surface area contributed by atoms with Gasteiger partial charge in [0.05, 0.1) is 23.8 Å². The molecule has 2 atom stereocenters. The van der Waals surface area contributed by atoms with Crippen LogP contribution in [-0.4, -0.2) is 23.1 Å². The lowest BCUT2D eigenvalue weighted by molar-refractivity contribution is 0.0801. The van der Waals surface area contributed by atoms with E-state index in [-0.39, 0.29) is 11.3 Å². The first kappa shape index (κ1) is 30.4. The van der Waals surface area contributed by atoms with Crippen LogP contribution in [0.25, 0.3) is 0 Å². The van der Waals surface area contributed by atoms with Crippen LogP contribution >= 0.6 is 0 Å². The van der Waals surface area contributed by atoms with E-state index in [0.717, 1.165) is 124 Å². The largest absolute Gasteiger partial charge is 0.498 e. The van der Waals surface area contributed by atoms with E-state index in [2.05, 4.69) is 42.7 Å². The minimum Gasteiger partial charge on any atom is -0.498 e. The smallest absolute Gasteiger partial charge is 0.169 e. The summed E-state index contributed by atoms with van der Waals surface area (Å²) in [6.07, 6.45) is 22.7. The van der Waals surface area contributed by atoms with Crippen LogP contribution in [0.15, 0.2) is 125 Å². The third kappa shape index (κ3) is 5.87. The lowest BCUT2D eigenvalue weighted by Crippen LogP contribution is -2.30. The lowest BCUT2D eigenvalue weighted by Gasteiger charge is -2.31. The van der Waals surface area contributed by atoms with Crippen molar-refractivity contribution >= 4 is 11.5 Å². The van der Waals surface area contributed by atoms with Gasteiger partial charge >= 0.3 is 0 Å². The summed E-state index contributed by atoms with van der Waals surface area (Å²) in [6.45, 7) is 9.65. The van der Waals surface area contributed by atoms with Gasteiger partial charge in [0.2, 0.25) is 0 Å². The van der Waals surface area contributed by atoms with Gasteiger partial charge in [-0.2, -0.15) is 0 Å². The van der Waals surface area contributed by atoms with E-state index in [0.29, 0.717) is 5.78 Å². The molecule has 2 aromatic rings. The zero-order valence-electron chi connectivity index (χ0n) is 27.0. The van der Waals surface area contributed by atoms with Crippen molar-refractivity contribution in [2.45, 2.75) is 89.4 Å². The fourth-order valence-electron chi connectivity index (χ4n) is 8.11. The SMILES string of the molecule is C=C/C(CCC1=NC(C2=CC[C@@]3(CC2)Cc2ccccc2C3=O)=CC=C=C1C(=C)C1CCCCc2ncccc21)=C1/CCCCO1. The van der Waals surface area contributed by atoms with Gasteiger partial charge in [-0.1, -0.05) is 62.1 Å². The van der Waals surface area contributed by atoms with Gasteiger partial charge in [0, 0.05) is 40.8 Å². The van der Waals surface area contributed by atoms with Crippen LogP contribution in [0.4, 0.5) is 0 Å². The number of pyridine rings is 1. The fourth-order valence-corrected chi connectivity index (χ4v) is 8.11. The molecule has 0 amide bonds. The van der Waals surface area contributed by atoms with Gasteiger partial charge in [-0.25, -0.2) is 0 Å². The van der Waals surface area contributed by atoms with Crippen molar-refractivity contribution in [2.24, 2.45) is 10.4 Å². The molecule has 1 spiro atoms. The molecule has 1 aromatic heterocycles. The Balaban J connectivity index is 1.19. The summed E-state index contributed by atoms with van der Waals surface area (Å²) >= 11 is 0. The summed E-state index contributed by atoms with van der Waals surface area (Å²) in [5, 5.41) is 0. The fraction of sp³-hybridized carbons (Fsp3) is 0.381. The minimum absolute atomic E-state index is 0.191. The Labute approximate surface area is 273 Å². The molecule has 0 N–H and O–H groups in total. The Kier molecular flexibility index (Phi) is 8.73. The molecule has 7 rings (SSSR count). The molecule has 4 nitrogen and oxygen atoms in total. The van der Waals surface area contributed by atoms with Crippen LogP contribution in [-0.2, 0) is 17.6 Å². The van der Waals surface area contributed by atoms with Gasteiger partial charge in [-0.05, 0) is 117 Å². The molecule has 46 heavy (non-hydrogen) atoms. The predicted molar refractivity (Wildman–Crippen MR) is 186 cm³/mol. The topological polar surface area (TPSA) is 51.5 Å². The van der Waals surface area contributed by atoms with Gasteiger partial charge in [0.25, 0.3) is 0 Å². The second-order valence-corrected chi connectivity index (χ2v) is 13.5. The van der Waals surface area contributed by atoms with Crippen LogP contribution in [0.3, 0.4) is 0 Å². The van der Waals surface area contributed by atoms with Crippen LogP contribution in [0.2, 0.25) is 0 Å². The number of ketones is 1. The van der Waals surface area contributed by atoms with Crippen LogP contribution in [0, 0.1) is 5.41 Å². The van der Waals surface area contributed by atoms with E-state index < -0.39 is 0 Å². The predicted octanol–water partition coefficient (Wildman–Crippen LogP) is 9.82. The second-order valence-electron chi connectivity index (χ2n) is 13.5. The number of hydrogen-bond acceptors (Lipinski definition) is 4. The molecular formula is C42H44N2O2. The van der Waals surface area contributed by atoms with E-state index >= 15 is 0 Å². The van der Waals surface area contributed by atoms with E-state index in [1.807, 2.05) is 36.5 Å². The molecule has 3 heterocycles. The first-order valence-electron chi connectivity index (χ1n) is 17.2. The number of Topliss-reactive ketones (excluding diaryl/α,β-unsaturated/α-hetero) is 1. The third-order valence-electron chi connectivity index (χ3n) is 10.7. The Morgan fingerprint density at radius 2 is 1.98 bits per heavy atom. The highest BCUT2D eigenvalue weighted by Crippen LogP contribution is 2.48. The molecule has 1 aromatic carbocycles. The van der Waals surface area contributed by atoms with Gasteiger partial charge in [-0.3, -0.25) is 14.8 Å². The number of benzene rings is 1. The molecule has 1 saturated heterocycles. The highest BCUT2D eigenvalue weighted by Gasteiger charge is 2.45. The number of aromatic nitrogens is 1. The average molecular weight is 609 g/mol. The quantitative estimate of drug-likeness (QED) is 0.232. The average Bonchev–Trinajstić information content (AvgIpc) is 3.28. The van der Waals surface area contributed by atoms with E-state index in [1.165, 1.54) is 28.0 Å². The van der Waals surface area contributed by atoms with Crippen molar-refractivity contribution in [1.29, 1.82) is 0 Å². The first-order chi connectivity index (χ1) is 22.6. The Bertz CT molecular complexity index is 1770. The molecule has 1 unspecified atom stereocenters. The van der Waals surface area contributed by atoms with Crippen molar-refractivity contribution in [3.8, 4) is 0 Å². The van der Waals surface area contributed by atoms with Crippen molar-refractivity contribution in [2.75, 3.05) is 6.61 Å². The Morgan fingerprint density at radius 3 is 2.78 bits per heavy atom. The molecule has 0 saturated carbocycles. The number of rotatable bonds is 7. The standard InChI is InChI=1S/C42H44N2O2/c1-3-30(40-19-8-9-27-46-40)20-21-39-34(29(2)33-13-6-7-17-38-36(33)16-11-26-43-38)15-10-18-37(44-39)31-22-24-42(25-23-31)28-32-12-4-5-14-35(32)41(42)45/h3-5,10-12,14,16,18,22,26,33H,1-2,6-9,13,17,19-21,23-25,27-28H2/b40-30+/t33?,42-/m1/s1. The molecule has 1 fully saturated rings. The number of carbonyl (C=O) groups is 1. The van der Waals surface area contributed by atoms with Crippen molar-refractivity contribution in [3.63, 3.8) is 0 Å². The molecular weight excluding hydrogens is 564 g/mol. The molecule has 5 aliphatic rings. The summed E-state index contributed by atoms with van der Waals surface area (Å²) in [5.41, 5.74) is 14.4. The van der Waals surface area contributed by atoms with Crippen LogP contribution in [0.1, 0.15) is 104 Å². The minimum atomic E-state index is -0.315. The number of fused-ring (bicyclic) bond motifs is 2. The zero-order valence-corrected chi connectivity index (χ0v) is 27.0. The molecule has 0 bridgehead atoms. The van der Waals surface area contributed by atoms with Gasteiger partial charge in [0.15, 0.2) is 5.78 Å². The maximum atomic E-state index is 13.5. The molecule has 234 valence electrons. The molecule has 2 aliphatic heterocycles. The van der Waals surface area contributed by atoms with E-state index in [9.17, 15) is 4.79 Å². The monoisotopic (exact) mass is 608 g/mol. The molecule has 4 heteroatoms. The van der Waals surface area contributed by atoms with Crippen LogP contribution < -0.4 is 0 Å². The number of aryl methyl sites for hydroxylation is 1. The van der Waals surface area contributed by atoms with Crippen molar-refractivity contribution in [1.82, 2.24) is 4.98 Å². The lowest BCUT2D eigenvalue weighted by atomic mass is 9.71. The van der Waals surface area contributed by atoms with Gasteiger partial charge < -0.3 is 4.74 Å². The summed E-state index contributed by atoms with van der Waals surface area (Å²) in [7, 11) is 0. The number of carbonyl (C=O) groups excluding carboxylic acids is 1. The number of hydrogen-bond donors (Lipinski definition) is 0. The highest BCUT2D eigenvalue weighted by atomic mass is 16.5. The summed E-state index contributed by atoms with van der Waals surface area (Å²) in [6, 6.07) is 12.4. The highest BCUT2D eigenvalue weighted by molar-refractivity contribution is 6.06. The van der Waals surface area contributed by atoms with Crippen LogP contribution in [0.5, 0.6) is 0 Å². The van der Waals surface area contributed by atoms with E-state index in [4.69, 9.17) is 21.3 Å². The third-order valence-corrected chi connectivity index (χ3v) is 10.7. The first-order valence-corrected chi connectivity index (χ1v) is 17.2. The number of aliphatic imine (C=N–C) groups is 1. The van der Waals surface area contributed by atoms with Crippen molar-refractivity contribution < 1.29 is 9.53 Å². The maximum absolute atomic E-state index is 13.5. The second kappa shape index (κ2) is 13.2. The summed E-state index contributed by atoms with van der Waals surface area (Å²) in [5.74, 6) is 1.58. The normalized spacial score (nSPS) is 25.1. The van der Waals surface area contributed by atoms with Crippen molar-refractivity contribution in [3.05, 3.63) is 142 Å². The molecule has 0 radical (unpaired) electrons. The number of allylic oxidation sites excluding steroid dienone is 8. The number of ether oxygens (including phenoxy) is 1.